The van der Waals surface area contributed by atoms with E-state index in [-0.39, 0.29) is 12.5 Å². The molecule has 0 aliphatic carbocycles. The Balaban J connectivity index is 3.35. The van der Waals surface area contributed by atoms with E-state index in [1.807, 2.05) is 0 Å². The molecule has 0 aromatic carbocycles. The van der Waals surface area contributed by atoms with Crippen LogP contribution in [0.4, 0.5) is 0 Å². The van der Waals surface area contributed by atoms with Crippen LogP contribution in [0.2, 0.25) is 0 Å². The molecule has 10 heavy (non-hydrogen) atoms. The summed E-state index contributed by atoms with van der Waals surface area (Å²) in [5, 5.41) is 2.29. The number of hydrogen-bond acceptors (Lipinski definition) is 4. The fourth-order valence-corrected chi connectivity index (χ4v) is 0.337. The van der Waals surface area contributed by atoms with Crippen LogP contribution in [-0.2, 0) is 14.4 Å². The van der Waals surface area contributed by atoms with Crippen LogP contribution < -0.4 is 11.2 Å². The summed E-state index contributed by atoms with van der Waals surface area (Å²) in [5.41, 5.74) is 0. The predicted octanol–water partition coefficient (Wildman–Crippen LogP) is -1.07. The van der Waals surface area contributed by atoms with Gasteiger partial charge in [-0.3, -0.25) is 4.79 Å². The Morgan fingerprint density at radius 3 is 2.60 bits per heavy atom. The molecule has 0 saturated heterocycles. The summed E-state index contributed by atoms with van der Waals surface area (Å²) in [6, 6.07) is 0. The average Bonchev–Trinajstić information content (AvgIpc) is 1.99. The molecule has 0 heterocycles. The van der Waals surface area contributed by atoms with E-state index < -0.39 is 5.97 Å². The summed E-state index contributed by atoms with van der Waals surface area (Å²) in [5.74, 6) is 3.64. The third-order valence-electron chi connectivity index (χ3n) is 0.882. The summed E-state index contributed by atoms with van der Waals surface area (Å²) in [7, 11) is 0. The van der Waals surface area contributed by atoms with Crippen molar-refractivity contribution in [2.24, 2.45) is 5.90 Å². The van der Waals surface area contributed by atoms with Gasteiger partial charge in [-0.15, -0.1) is 0 Å². The molecule has 0 saturated carbocycles. The number of carbonyl (C=O) groups is 2. The van der Waals surface area contributed by atoms with Crippen molar-refractivity contribution in [1.82, 2.24) is 5.32 Å². The zero-order valence-electron chi connectivity index (χ0n) is 5.72. The van der Waals surface area contributed by atoms with Crippen molar-refractivity contribution in [1.29, 1.82) is 0 Å². The van der Waals surface area contributed by atoms with Crippen LogP contribution in [0.3, 0.4) is 0 Å². The van der Waals surface area contributed by atoms with Crippen LogP contribution in [0, 0.1) is 0 Å². The van der Waals surface area contributed by atoms with Crippen LogP contribution in [0.25, 0.3) is 0 Å². The number of nitrogens with two attached hydrogens (primary N) is 1. The van der Waals surface area contributed by atoms with Crippen molar-refractivity contribution in [3.63, 3.8) is 0 Å². The fourth-order valence-electron chi connectivity index (χ4n) is 0.337. The van der Waals surface area contributed by atoms with Gasteiger partial charge in [0.05, 0.1) is 0 Å². The van der Waals surface area contributed by atoms with Crippen molar-refractivity contribution in [2.45, 2.75) is 13.3 Å². The molecule has 0 rings (SSSR count). The largest absolute Gasteiger partial charge is 0.372 e. The van der Waals surface area contributed by atoms with Gasteiger partial charge in [0.25, 0.3) is 0 Å². The highest BCUT2D eigenvalue weighted by atomic mass is 16.7. The highest BCUT2D eigenvalue weighted by Gasteiger charge is 2.01. The van der Waals surface area contributed by atoms with Crippen molar-refractivity contribution >= 4 is 11.9 Å². The third-order valence-corrected chi connectivity index (χ3v) is 0.882. The molecule has 58 valence electrons. The molecule has 0 aliphatic rings. The number of rotatable bonds is 3. The Morgan fingerprint density at radius 2 is 2.20 bits per heavy atom. The topological polar surface area (TPSA) is 81.4 Å². The molecule has 0 aromatic heterocycles. The Morgan fingerprint density at radius 1 is 1.60 bits per heavy atom. The maximum absolute atomic E-state index is 10.5. The molecule has 5 heteroatoms. The standard InChI is InChI=1S/C5H10N2O3/c1-2-4(8)7-3-5(9)10-6/h2-3,6H2,1H3,(H,7,8). The van der Waals surface area contributed by atoms with Crippen molar-refractivity contribution in [3.05, 3.63) is 0 Å². The number of nitrogens with one attached hydrogen (secondary N) is 1. The highest BCUT2D eigenvalue weighted by molar-refractivity contribution is 5.81. The first kappa shape index (κ1) is 8.90. The first-order chi connectivity index (χ1) is 4.70. The average molecular weight is 146 g/mol. The van der Waals surface area contributed by atoms with E-state index in [1.54, 1.807) is 6.92 Å². The fraction of sp³-hybridized carbons (Fsp3) is 0.600. The lowest BCUT2D eigenvalue weighted by molar-refractivity contribution is -0.144. The van der Waals surface area contributed by atoms with Gasteiger partial charge in [0.1, 0.15) is 6.54 Å². The second-order valence-corrected chi connectivity index (χ2v) is 1.62. The highest BCUT2D eigenvalue weighted by Crippen LogP contribution is 1.74. The van der Waals surface area contributed by atoms with Gasteiger partial charge in [-0.25, -0.2) is 4.79 Å². The van der Waals surface area contributed by atoms with Gasteiger partial charge in [0.2, 0.25) is 5.91 Å². The molecule has 0 atom stereocenters. The summed E-state index contributed by atoms with van der Waals surface area (Å²) in [6.45, 7) is 1.52. The molecule has 0 aromatic rings. The van der Waals surface area contributed by atoms with Gasteiger partial charge in [-0.1, -0.05) is 6.92 Å². The van der Waals surface area contributed by atoms with Crippen molar-refractivity contribution in [2.75, 3.05) is 6.54 Å². The Hall–Kier alpha value is -1.10. The number of hydrogen-bond donors (Lipinski definition) is 2. The molecule has 0 unspecified atom stereocenters. The Bertz CT molecular complexity index is 119. The summed E-state index contributed by atoms with van der Waals surface area (Å²) in [4.78, 5) is 24.5. The van der Waals surface area contributed by atoms with Crippen LogP contribution in [-0.4, -0.2) is 18.4 Å². The zero-order chi connectivity index (χ0) is 7.98. The summed E-state index contributed by atoms with van der Waals surface area (Å²) in [6.07, 6.45) is 0.345. The SMILES string of the molecule is CCC(=O)NCC(=O)ON. The van der Waals surface area contributed by atoms with Crippen LogP contribution in [0.5, 0.6) is 0 Å². The van der Waals surface area contributed by atoms with E-state index in [2.05, 4.69) is 16.1 Å². The predicted molar refractivity (Wildman–Crippen MR) is 33.6 cm³/mol. The maximum atomic E-state index is 10.5. The summed E-state index contributed by atoms with van der Waals surface area (Å²) >= 11 is 0. The Kier molecular flexibility index (Phi) is 4.23. The van der Waals surface area contributed by atoms with Crippen LogP contribution in [0.15, 0.2) is 0 Å². The van der Waals surface area contributed by atoms with E-state index in [0.717, 1.165) is 0 Å². The molecule has 0 spiro atoms. The lowest BCUT2D eigenvalue weighted by atomic mass is 10.4. The van der Waals surface area contributed by atoms with E-state index in [0.29, 0.717) is 6.42 Å². The zero-order valence-corrected chi connectivity index (χ0v) is 5.72. The molecule has 0 radical (unpaired) electrons. The quantitative estimate of drug-likeness (QED) is 0.497. The third kappa shape index (κ3) is 3.85. The number of amides is 1. The van der Waals surface area contributed by atoms with Gasteiger partial charge in [-0.2, -0.15) is 5.90 Å². The van der Waals surface area contributed by atoms with E-state index in [4.69, 9.17) is 0 Å². The molecule has 5 nitrogen and oxygen atoms in total. The first-order valence-corrected chi connectivity index (χ1v) is 2.87. The molecule has 0 aliphatic heterocycles. The van der Waals surface area contributed by atoms with Crippen LogP contribution >= 0.6 is 0 Å². The maximum Gasteiger partial charge on any atom is 0.343 e. The minimum absolute atomic E-state index is 0.164. The lowest BCUT2D eigenvalue weighted by Crippen LogP contribution is -2.31. The molecule has 3 N–H and O–H groups in total. The normalized spacial score (nSPS) is 8.60. The van der Waals surface area contributed by atoms with Gasteiger partial charge < -0.3 is 10.2 Å². The smallest absolute Gasteiger partial charge is 0.343 e. The van der Waals surface area contributed by atoms with Gasteiger partial charge >= 0.3 is 5.97 Å². The number of carbonyl (C=O) groups excluding carboxylic acids is 2. The van der Waals surface area contributed by atoms with E-state index in [1.165, 1.54) is 0 Å². The van der Waals surface area contributed by atoms with E-state index >= 15 is 0 Å². The first-order valence-electron chi connectivity index (χ1n) is 2.87. The lowest BCUT2D eigenvalue weighted by Gasteiger charge is -1.98. The second kappa shape index (κ2) is 4.75. The van der Waals surface area contributed by atoms with Gasteiger partial charge in [0, 0.05) is 6.42 Å². The second-order valence-electron chi connectivity index (χ2n) is 1.62. The monoisotopic (exact) mass is 146 g/mol. The minimum Gasteiger partial charge on any atom is -0.372 e. The van der Waals surface area contributed by atoms with Gasteiger partial charge in [0.15, 0.2) is 0 Å². The van der Waals surface area contributed by atoms with Gasteiger partial charge in [-0.05, 0) is 0 Å². The molecule has 1 amide bonds. The minimum atomic E-state index is -0.651. The molecular formula is C5H10N2O3. The van der Waals surface area contributed by atoms with E-state index in [9.17, 15) is 9.59 Å². The Labute approximate surface area is 58.5 Å². The summed E-state index contributed by atoms with van der Waals surface area (Å²) < 4.78 is 0. The molecule has 0 bridgehead atoms. The molecular weight excluding hydrogens is 136 g/mol. The molecule has 0 fully saturated rings. The van der Waals surface area contributed by atoms with Crippen LogP contribution in [0.1, 0.15) is 13.3 Å². The van der Waals surface area contributed by atoms with Crippen molar-refractivity contribution < 1.29 is 14.4 Å². The van der Waals surface area contributed by atoms with Crippen molar-refractivity contribution in [3.8, 4) is 0 Å².